The second-order valence-electron chi connectivity index (χ2n) is 7.88. The summed E-state index contributed by atoms with van der Waals surface area (Å²) in [6.45, 7) is 0. The molecule has 3 amide bonds. The number of aliphatic carboxylic acids is 1. The largest absolute Gasteiger partial charge is 0.481 e. The summed E-state index contributed by atoms with van der Waals surface area (Å²) in [5.41, 5.74) is 0.0354. The molecule has 2 unspecified atom stereocenters. The number of hydrogen-bond acceptors (Lipinski definition) is 7. The molecule has 0 aromatic heterocycles. The summed E-state index contributed by atoms with van der Waals surface area (Å²) in [7, 11) is 1.20. The standard InChI is InChI=1S/C21H28N4O8/c1-33-20(29)17(11-13-5-3-2-4-6-13)23-19(28)16(12-18(26)27)24-21(30)22-14-7-9-15(10-8-14)25(31)32/h7-10,13,16-17H,2-6,11-12H2,1H3,(H,23,28)(H,26,27)(H2,22,24,30). The fourth-order valence-corrected chi connectivity index (χ4v) is 3.76. The van der Waals surface area contributed by atoms with E-state index in [1.807, 2.05) is 0 Å². The Morgan fingerprint density at radius 1 is 1.09 bits per heavy atom. The fourth-order valence-electron chi connectivity index (χ4n) is 3.76. The van der Waals surface area contributed by atoms with Crippen molar-refractivity contribution in [1.82, 2.24) is 10.6 Å². The van der Waals surface area contributed by atoms with Gasteiger partial charge in [0.15, 0.2) is 0 Å². The number of rotatable bonds is 10. The van der Waals surface area contributed by atoms with Crippen LogP contribution < -0.4 is 16.0 Å². The molecular formula is C21H28N4O8. The molecule has 1 aliphatic carbocycles. The molecule has 1 saturated carbocycles. The maximum atomic E-state index is 12.8. The van der Waals surface area contributed by atoms with Gasteiger partial charge in [0.25, 0.3) is 5.69 Å². The van der Waals surface area contributed by atoms with E-state index in [0.717, 1.165) is 32.1 Å². The zero-order valence-electron chi connectivity index (χ0n) is 18.2. The van der Waals surface area contributed by atoms with E-state index in [1.165, 1.54) is 31.4 Å². The summed E-state index contributed by atoms with van der Waals surface area (Å²) in [5.74, 6) is -2.56. The number of carbonyl (C=O) groups excluding carboxylic acids is 3. The Morgan fingerprint density at radius 2 is 1.73 bits per heavy atom. The molecular weight excluding hydrogens is 436 g/mol. The Balaban J connectivity index is 2.03. The number of carboxylic acid groups (broad SMARTS) is 1. The number of nitrogens with zero attached hydrogens (tertiary/aromatic N) is 1. The van der Waals surface area contributed by atoms with Crippen LogP contribution in [0.25, 0.3) is 0 Å². The SMILES string of the molecule is COC(=O)C(CC1CCCCC1)NC(=O)C(CC(=O)O)NC(=O)Nc1ccc([N+](=O)[O-])cc1. The summed E-state index contributed by atoms with van der Waals surface area (Å²) in [5, 5.41) is 27.0. The highest BCUT2D eigenvalue weighted by atomic mass is 16.6. The number of urea groups is 1. The molecule has 1 aliphatic rings. The van der Waals surface area contributed by atoms with Crippen molar-refractivity contribution in [2.45, 2.75) is 57.0 Å². The zero-order chi connectivity index (χ0) is 24.4. The average Bonchev–Trinajstić information content (AvgIpc) is 2.78. The van der Waals surface area contributed by atoms with E-state index in [9.17, 15) is 29.3 Å². The van der Waals surface area contributed by atoms with Gasteiger partial charge in [-0.05, 0) is 24.5 Å². The van der Waals surface area contributed by atoms with Gasteiger partial charge < -0.3 is 25.8 Å². The molecule has 0 radical (unpaired) electrons. The van der Waals surface area contributed by atoms with Gasteiger partial charge >= 0.3 is 18.0 Å². The minimum Gasteiger partial charge on any atom is -0.481 e. The first-order chi connectivity index (χ1) is 15.7. The van der Waals surface area contributed by atoms with Gasteiger partial charge in [0.1, 0.15) is 12.1 Å². The molecule has 0 bridgehead atoms. The molecule has 1 aromatic carbocycles. The fraction of sp³-hybridized carbons (Fsp3) is 0.524. The van der Waals surface area contributed by atoms with E-state index in [-0.39, 0.29) is 17.3 Å². The van der Waals surface area contributed by atoms with Gasteiger partial charge in [0.2, 0.25) is 5.91 Å². The highest BCUT2D eigenvalue weighted by molar-refractivity contribution is 5.96. The van der Waals surface area contributed by atoms with Gasteiger partial charge in [-0.25, -0.2) is 9.59 Å². The van der Waals surface area contributed by atoms with Crippen LogP contribution in [0.3, 0.4) is 0 Å². The first-order valence-electron chi connectivity index (χ1n) is 10.6. The molecule has 2 rings (SSSR count). The highest BCUT2D eigenvalue weighted by Crippen LogP contribution is 2.27. The lowest BCUT2D eigenvalue weighted by atomic mass is 9.84. The van der Waals surface area contributed by atoms with Crippen LogP contribution in [0, 0.1) is 16.0 Å². The molecule has 180 valence electrons. The Morgan fingerprint density at radius 3 is 2.27 bits per heavy atom. The number of nitro benzene ring substituents is 1. The van der Waals surface area contributed by atoms with Gasteiger partial charge in [-0.15, -0.1) is 0 Å². The van der Waals surface area contributed by atoms with E-state index in [2.05, 4.69) is 16.0 Å². The van der Waals surface area contributed by atoms with Crippen LogP contribution in [0.1, 0.15) is 44.9 Å². The second kappa shape index (κ2) is 12.4. The molecule has 0 saturated heterocycles. The van der Waals surface area contributed by atoms with E-state index in [1.54, 1.807) is 0 Å². The molecule has 12 heteroatoms. The number of esters is 1. The molecule has 4 N–H and O–H groups in total. The van der Waals surface area contributed by atoms with Gasteiger partial charge in [-0.1, -0.05) is 32.1 Å². The van der Waals surface area contributed by atoms with Crippen molar-refractivity contribution in [2.75, 3.05) is 12.4 Å². The van der Waals surface area contributed by atoms with Gasteiger partial charge in [-0.2, -0.15) is 0 Å². The van der Waals surface area contributed by atoms with Crippen molar-refractivity contribution in [1.29, 1.82) is 0 Å². The normalized spacial score (nSPS) is 15.5. The van der Waals surface area contributed by atoms with Gasteiger partial charge in [0.05, 0.1) is 18.5 Å². The molecule has 1 fully saturated rings. The Bertz CT molecular complexity index is 868. The van der Waals surface area contributed by atoms with Crippen LogP contribution in [-0.4, -0.2) is 53.1 Å². The third-order valence-electron chi connectivity index (χ3n) is 5.43. The molecule has 33 heavy (non-hydrogen) atoms. The van der Waals surface area contributed by atoms with Crippen molar-refractivity contribution in [3.8, 4) is 0 Å². The lowest BCUT2D eigenvalue weighted by Crippen LogP contribution is -2.53. The minimum absolute atomic E-state index is 0.170. The van der Waals surface area contributed by atoms with Crippen molar-refractivity contribution in [3.63, 3.8) is 0 Å². The van der Waals surface area contributed by atoms with E-state index in [0.29, 0.717) is 6.42 Å². The van der Waals surface area contributed by atoms with Crippen molar-refractivity contribution >= 4 is 35.3 Å². The number of nitrogens with one attached hydrogen (secondary N) is 3. The second-order valence-corrected chi connectivity index (χ2v) is 7.88. The topological polar surface area (TPSA) is 177 Å². The molecule has 2 atom stereocenters. The lowest BCUT2D eigenvalue weighted by Gasteiger charge is -2.27. The molecule has 1 aromatic rings. The van der Waals surface area contributed by atoms with Crippen molar-refractivity contribution < 1.29 is 33.9 Å². The first kappa shape index (κ1) is 25.6. The van der Waals surface area contributed by atoms with Crippen LogP contribution in [0.4, 0.5) is 16.2 Å². The van der Waals surface area contributed by atoms with Gasteiger partial charge in [-0.3, -0.25) is 19.7 Å². The van der Waals surface area contributed by atoms with Crippen LogP contribution in [0.5, 0.6) is 0 Å². The third-order valence-corrected chi connectivity index (χ3v) is 5.43. The Hall–Kier alpha value is -3.70. The predicted octanol–water partition coefficient (Wildman–Crippen LogP) is 2.19. The summed E-state index contributed by atoms with van der Waals surface area (Å²) in [6, 6.07) is 1.66. The number of methoxy groups -OCH3 is 1. The molecule has 0 heterocycles. The smallest absolute Gasteiger partial charge is 0.328 e. The number of hydrogen-bond donors (Lipinski definition) is 4. The Kier molecular flexibility index (Phi) is 9.58. The van der Waals surface area contributed by atoms with E-state index >= 15 is 0 Å². The summed E-state index contributed by atoms with van der Waals surface area (Å²) < 4.78 is 4.78. The summed E-state index contributed by atoms with van der Waals surface area (Å²) in [4.78, 5) is 58.6. The number of anilines is 1. The number of nitro groups is 1. The third kappa shape index (κ3) is 8.39. The van der Waals surface area contributed by atoms with E-state index < -0.39 is 47.3 Å². The van der Waals surface area contributed by atoms with E-state index in [4.69, 9.17) is 9.84 Å². The molecule has 0 aliphatic heterocycles. The van der Waals surface area contributed by atoms with Crippen molar-refractivity contribution in [2.24, 2.45) is 5.92 Å². The molecule has 12 nitrogen and oxygen atoms in total. The quantitative estimate of drug-likeness (QED) is 0.231. The van der Waals surface area contributed by atoms with Crippen LogP contribution in [0.15, 0.2) is 24.3 Å². The number of ether oxygens (including phenoxy) is 1. The maximum absolute atomic E-state index is 12.8. The molecule has 0 spiro atoms. The highest BCUT2D eigenvalue weighted by Gasteiger charge is 2.31. The van der Waals surface area contributed by atoms with Crippen LogP contribution in [0.2, 0.25) is 0 Å². The maximum Gasteiger partial charge on any atom is 0.328 e. The first-order valence-corrected chi connectivity index (χ1v) is 10.6. The number of non-ortho nitro benzene ring substituents is 1. The number of amides is 3. The average molecular weight is 464 g/mol. The zero-order valence-corrected chi connectivity index (χ0v) is 18.2. The predicted molar refractivity (Wildman–Crippen MR) is 116 cm³/mol. The number of carbonyl (C=O) groups is 4. The van der Waals surface area contributed by atoms with Gasteiger partial charge in [0, 0.05) is 17.8 Å². The van der Waals surface area contributed by atoms with Crippen LogP contribution in [-0.2, 0) is 19.1 Å². The monoisotopic (exact) mass is 464 g/mol. The minimum atomic E-state index is -1.46. The summed E-state index contributed by atoms with van der Waals surface area (Å²) >= 11 is 0. The summed E-state index contributed by atoms with van der Waals surface area (Å²) in [6.07, 6.45) is 4.72. The Labute approximate surface area is 190 Å². The number of carboxylic acids is 1. The number of benzene rings is 1. The van der Waals surface area contributed by atoms with Crippen molar-refractivity contribution in [3.05, 3.63) is 34.4 Å². The lowest BCUT2D eigenvalue weighted by molar-refractivity contribution is -0.384. The van der Waals surface area contributed by atoms with Crippen LogP contribution >= 0.6 is 0 Å².